The van der Waals surface area contributed by atoms with Gasteiger partial charge in [0.15, 0.2) is 11.4 Å². The fraction of sp³-hybridized carbons (Fsp3) is 0.235. The van der Waals surface area contributed by atoms with Gasteiger partial charge < -0.3 is 14.9 Å². The summed E-state index contributed by atoms with van der Waals surface area (Å²) in [6.07, 6.45) is 7.11. The van der Waals surface area contributed by atoms with Gasteiger partial charge in [0.25, 0.3) is 0 Å². The number of rotatable bonds is 3. The maximum atomic E-state index is 5.89. The second-order valence-electron chi connectivity index (χ2n) is 6.08. The molecule has 120 valence electrons. The van der Waals surface area contributed by atoms with Gasteiger partial charge in [-0.15, -0.1) is 5.10 Å². The van der Waals surface area contributed by atoms with Crippen LogP contribution in [-0.4, -0.2) is 31.7 Å². The molecular weight excluding hydrogens is 306 g/mol. The van der Waals surface area contributed by atoms with Gasteiger partial charge in [-0.05, 0) is 31.0 Å². The molecule has 1 saturated carbocycles. The van der Waals surface area contributed by atoms with Gasteiger partial charge in [0.2, 0.25) is 5.88 Å². The van der Waals surface area contributed by atoms with E-state index in [0.29, 0.717) is 11.6 Å². The number of hydrogen-bond donors (Lipinski definition) is 1. The lowest BCUT2D eigenvalue weighted by atomic mass is 9.90. The molecule has 7 nitrogen and oxygen atoms in total. The SMILES string of the molecule is N[C@H]1C[C@H](Oc2ccc3ncc(-c4cc5cnccc5o4)n3n2)C1. The van der Waals surface area contributed by atoms with E-state index in [0.717, 1.165) is 35.2 Å². The van der Waals surface area contributed by atoms with Crippen LogP contribution in [-0.2, 0) is 0 Å². The molecule has 24 heavy (non-hydrogen) atoms. The maximum absolute atomic E-state index is 5.89. The first-order valence-corrected chi connectivity index (χ1v) is 7.87. The third-order valence-corrected chi connectivity index (χ3v) is 4.33. The highest BCUT2D eigenvalue weighted by atomic mass is 16.5. The van der Waals surface area contributed by atoms with Crippen molar-refractivity contribution in [3.63, 3.8) is 0 Å². The van der Waals surface area contributed by atoms with Crippen LogP contribution in [0.5, 0.6) is 5.88 Å². The number of fused-ring (bicyclic) bond motifs is 2. The molecule has 0 bridgehead atoms. The lowest BCUT2D eigenvalue weighted by molar-refractivity contribution is 0.0944. The number of pyridine rings is 1. The van der Waals surface area contributed by atoms with Gasteiger partial charge in [-0.25, -0.2) is 9.50 Å². The van der Waals surface area contributed by atoms with E-state index < -0.39 is 0 Å². The maximum Gasteiger partial charge on any atom is 0.232 e. The fourth-order valence-electron chi connectivity index (χ4n) is 2.97. The van der Waals surface area contributed by atoms with Crippen molar-refractivity contribution >= 4 is 16.6 Å². The second kappa shape index (κ2) is 5.04. The quantitative estimate of drug-likeness (QED) is 0.623. The molecule has 7 heteroatoms. The zero-order valence-corrected chi connectivity index (χ0v) is 12.8. The predicted molar refractivity (Wildman–Crippen MR) is 87.6 cm³/mol. The van der Waals surface area contributed by atoms with Crippen LogP contribution in [0.25, 0.3) is 28.1 Å². The van der Waals surface area contributed by atoms with Crippen LogP contribution in [0.2, 0.25) is 0 Å². The summed E-state index contributed by atoms with van der Waals surface area (Å²) < 4.78 is 13.5. The summed E-state index contributed by atoms with van der Waals surface area (Å²) in [6, 6.07) is 7.73. The summed E-state index contributed by atoms with van der Waals surface area (Å²) in [7, 11) is 0. The average molecular weight is 321 g/mol. The molecule has 0 aliphatic heterocycles. The number of nitrogens with two attached hydrogens (primary N) is 1. The Bertz CT molecular complexity index is 999. The van der Waals surface area contributed by atoms with E-state index in [1.165, 1.54) is 0 Å². The average Bonchev–Trinajstić information content (AvgIpc) is 3.16. The summed E-state index contributed by atoms with van der Waals surface area (Å²) in [5, 5.41) is 5.49. The molecule has 4 aromatic rings. The molecule has 0 aromatic carbocycles. The first-order chi connectivity index (χ1) is 11.8. The molecule has 0 atom stereocenters. The van der Waals surface area contributed by atoms with Crippen LogP contribution >= 0.6 is 0 Å². The minimum atomic E-state index is 0.147. The van der Waals surface area contributed by atoms with E-state index in [1.54, 1.807) is 23.1 Å². The number of hydrogen-bond acceptors (Lipinski definition) is 6. The Hall–Kier alpha value is -2.93. The topological polar surface area (TPSA) is 91.5 Å². The largest absolute Gasteiger partial charge is 0.473 e. The molecule has 0 spiro atoms. The highest BCUT2D eigenvalue weighted by Crippen LogP contribution is 2.28. The Morgan fingerprint density at radius 3 is 2.96 bits per heavy atom. The van der Waals surface area contributed by atoms with Crippen molar-refractivity contribution in [3.05, 3.63) is 42.9 Å². The number of imidazole rings is 1. The summed E-state index contributed by atoms with van der Waals surface area (Å²) >= 11 is 0. The van der Waals surface area contributed by atoms with Crippen molar-refractivity contribution < 1.29 is 9.15 Å². The first kappa shape index (κ1) is 13.5. The van der Waals surface area contributed by atoms with Crippen LogP contribution in [0.3, 0.4) is 0 Å². The van der Waals surface area contributed by atoms with Crippen LogP contribution in [0.1, 0.15) is 12.8 Å². The lowest BCUT2D eigenvalue weighted by Gasteiger charge is -2.31. The Morgan fingerprint density at radius 2 is 2.12 bits per heavy atom. The van der Waals surface area contributed by atoms with E-state index in [-0.39, 0.29) is 12.1 Å². The monoisotopic (exact) mass is 321 g/mol. The van der Waals surface area contributed by atoms with Gasteiger partial charge in [0.05, 0.1) is 6.20 Å². The van der Waals surface area contributed by atoms with Gasteiger partial charge in [-0.2, -0.15) is 0 Å². The summed E-state index contributed by atoms with van der Waals surface area (Å²) in [5.74, 6) is 1.26. The van der Waals surface area contributed by atoms with Crippen LogP contribution in [0.4, 0.5) is 0 Å². The summed E-state index contributed by atoms with van der Waals surface area (Å²) in [5.41, 5.74) is 8.10. The molecule has 0 saturated heterocycles. The Morgan fingerprint density at radius 1 is 1.21 bits per heavy atom. The third-order valence-electron chi connectivity index (χ3n) is 4.33. The standard InChI is InChI=1S/C17H15N5O2/c18-11-6-12(7-11)23-17-2-1-16-20-9-13(22(16)21-17)15-5-10-8-19-4-3-14(10)24-15/h1-5,8-9,11-12H,6-7,18H2/t11-,12-. The van der Waals surface area contributed by atoms with Gasteiger partial charge in [0, 0.05) is 29.9 Å². The second-order valence-corrected chi connectivity index (χ2v) is 6.08. The third kappa shape index (κ3) is 2.13. The number of nitrogens with zero attached hydrogens (tertiary/aromatic N) is 4. The zero-order chi connectivity index (χ0) is 16.1. The van der Waals surface area contributed by atoms with E-state index in [4.69, 9.17) is 14.9 Å². The molecule has 0 radical (unpaired) electrons. The van der Waals surface area contributed by atoms with Crippen molar-refractivity contribution in [1.82, 2.24) is 19.6 Å². The number of ether oxygens (including phenoxy) is 1. The van der Waals surface area contributed by atoms with Gasteiger partial charge >= 0.3 is 0 Å². The van der Waals surface area contributed by atoms with Crippen molar-refractivity contribution in [2.24, 2.45) is 5.73 Å². The minimum Gasteiger partial charge on any atom is -0.473 e. The predicted octanol–water partition coefficient (Wildman–Crippen LogP) is 2.41. The summed E-state index contributed by atoms with van der Waals surface area (Å²) in [6.45, 7) is 0. The molecule has 1 aliphatic rings. The van der Waals surface area contributed by atoms with Crippen molar-refractivity contribution in [2.75, 3.05) is 0 Å². The zero-order valence-electron chi connectivity index (χ0n) is 12.8. The van der Waals surface area contributed by atoms with Crippen LogP contribution in [0, 0.1) is 0 Å². The van der Waals surface area contributed by atoms with Gasteiger partial charge in [0.1, 0.15) is 17.4 Å². The molecule has 4 heterocycles. The smallest absolute Gasteiger partial charge is 0.232 e. The molecular formula is C17H15N5O2. The molecule has 2 N–H and O–H groups in total. The van der Waals surface area contributed by atoms with E-state index in [1.807, 2.05) is 24.3 Å². The van der Waals surface area contributed by atoms with E-state index in [9.17, 15) is 0 Å². The van der Waals surface area contributed by atoms with Crippen LogP contribution in [0.15, 0.2) is 47.3 Å². The normalized spacial score (nSPS) is 20.4. The Balaban J connectivity index is 1.55. The molecule has 5 rings (SSSR count). The summed E-state index contributed by atoms with van der Waals surface area (Å²) in [4.78, 5) is 8.49. The molecule has 4 aromatic heterocycles. The van der Waals surface area contributed by atoms with Gasteiger partial charge in [-0.1, -0.05) is 0 Å². The van der Waals surface area contributed by atoms with Crippen molar-refractivity contribution in [2.45, 2.75) is 25.0 Å². The van der Waals surface area contributed by atoms with Crippen molar-refractivity contribution in [3.8, 4) is 17.3 Å². The van der Waals surface area contributed by atoms with E-state index in [2.05, 4.69) is 15.1 Å². The molecule has 1 fully saturated rings. The lowest BCUT2D eigenvalue weighted by Crippen LogP contribution is -2.43. The number of furan rings is 1. The van der Waals surface area contributed by atoms with Crippen LogP contribution < -0.4 is 10.5 Å². The van der Waals surface area contributed by atoms with Crippen molar-refractivity contribution in [1.29, 1.82) is 0 Å². The molecule has 0 amide bonds. The van der Waals surface area contributed by atoms with E-state index >= 15 is 0 Å². The minimum absolute atomic E-state index is 0.147. The highest BCUT2D eigenvalue weighted by molar-refractivity contribution is 5.81. The highest BCUT2D eigenvalue weighted by Gasteiger charge is 2.28. The number of aromatic nitrogens is 4. The first-order valence-electron chi connectivity index (χ1n) is 7.87. The molecule has 0 unspecified atom stereocenters. The molecule has 1 aliphatic carbocycles. The Labute approximate surface area is 137 Å². The Kier molecular flexibility index (Phi) is 2.83. The van der Waals surface area contributed by atoms with Gasteiger partial charge in [-0.3, -0.25) is 4.98 Å². The fourth-order valence-corrected chi connectivity index (χ4v) is 2.97.